The second kappa shape index (κ2) is 8.58. The molecule has 0 aliphatic heterocycles. The van der Waals surface area contributed by atoms with Crippen LogP contribution in [0.3, 0.4) is 0 Å². The van der Waals surface area contributed by atoms with Crippen LogP contribution in [-0.2, 0) is 6.42 Å². The summed E-state index contributed by atoms with van der Waals surface area (Å²) in [6.45, 7) is 2.27. The van der Waals surface area contributed by atoms with E-state index in [-0.39, 0.29) is 0 Å². The van der Waals surface area contributed by atoms with Gasteiger partial charge in [-0.3, -0.25) is 0 Å². The van der Waals surface area contributed by atoms with Crippen molar-refractivity contribution in [3.05, 3.63) is 60.2 Å². The fourth-order valence-corrected chi connectivity index (χ4v) is 2.66. The maximum absolute atomic E-state index is 2.35. The molecule has 0 aromatic heterocycles. The molecule has 0 saturated carbocycles. The maximum Gasteiger partial charge on any atom is -0.00913 e. The van der Waals surface area contributed by atoms with Gasteiger partial charge < -0.3 is 0 Å². The Hall–Kier alpha value is -1.56. The maximum atomic E-state index is 2.35. The Balaban J connectivity index is 1.81. The first-order chi connectivity index (χ1) is 9.92. The van der Waals surface area contributed by atoms with Gasteiger partial charge in [-0.15, -0.1) is 0 Å². The third-order valence-corrected chi connectivity index (χ3v) is 3.86. The van der Waals surface area contributed by atoms with Crippen LogP contribution in [0.4, 0.5) is 0 Å². The van der Waals surface area contributed by atoms with Crippen molar-refractivity contribution in [2.75, 3.05) is 0 Å². The minimum atomic E-state index is 1.05. The Kier molecular flexibility index (Phi) is 6.37. The standard InChI is InChI=1S/C20H26/c1-2-3-4-5-6-7-8-9-13-18-15-12-16-19-14-10-11-17-20(18)19/h8-12,14-17H,2-7,13H2,1H3/b9-8+. The van der Waals surface area contributed by atoms with Crippen LogP contribution >= 0.6 is 0 Å². The fraction of sp³-hybridized carbons (Fsp3) is 0.400. The lowest BCUT2D eigenvalue weighted by atomic mass is 10.0. The van der Waals surface area contributed by atoms with Crippen molar-refractivity contribution >= 4 is 10.8 Å². The van der Waals surface area contributed by atoms with E-state index in [0.717, 1.165) is 6.42 Å². The lowest BCUT2D eigenvalue weighted by Crippen LogP contribution is -1.84. The second-order valence-electron chi connectivity index (χ2n) is 5.52. The molecular weight excluding hydrogens is 240 g/mol. The molecule has 0 unspecified atom stereocenters. The number of hydrogen-bond acceptors (Lipinski definition) is 0. The first-order valence-corrected chi connectivity index (χ1v) is 8.03. The highest BCUT2D eigenvalue weighted by atomic mass is 14.0. The third-order valence-electron chi connectivity index (χ3n) is 3.86. The number of rotatable bonds is 8. The van der Waals surface area contributed by atoms with Crippen LogP contribution < -0.4 is 0 Å². The van der Waals surface area contributed by atoms with Gasteiger partial charge in [0.05, 0.1) is 0 Å². The summed E-state index contributed by atoms with van der Waals surface area (Å²) in [7, 11) is 0. The summed E-state index contributed by atoms with van der Waals surface area (Å²) < 4.78 is 0. The molecule has 0 saturated heterocycles. The van der Waals surface area contributed by atoms with Gasteiger partial charge in [-0.1, -0.05) is 87.2 Å². The van der Waals surface area contributed by atoms with Crippen LogP contribution in [-0.4, -0.2) is 0 Å². The van der Waals surface area contributed by atoms with Crippen molar-refractivity contribution in [3.63, 3.8) is 0 Å². The van der Waals surface area contributed by atoms with Crippen molar-refractivity contribution in [1.29, 1.82) is 0 Å². The molecule has 20 heavy (non-hydrogen) atoms. The summed E-state index contributed by atoms with van der Waals surface area (Å²) in [6.07, 6.45) is 13.8. The van der Waals surface area contributed by atoms with Crippen LogP contribution in [0.2, 0.25) is 0 Å². The predicted octanol–water partition coefficient (Wildman–Crippen LogP) is 6.30. The lowest BCUT2D eigenvalue weighted by molar-refractivity contribution is 0.637. The molecule has 0 spiro atoms. The summed E-state index contributed by atoms with van der Waals surface area (Å²) in [4.78, 5) is 0. The number of hydrogen-bond donors (Lipinski definition) is 0. The zero-order chi connectivity index (χ0) is 14.0. The Labute approximate surface area is 123 Å². The van der Waals surface area contributed by atoms with Crippen molar-refractivity contribution < 1.29 is 0 Å². The normalized spacial score (nSPS) is 11.4. The Morgan fingerprint density at radius 1 is 0.800 bits per heavy atom. The van der Waals surface area contributed by atoms with Crippen LogP contribution in [0, 0.1) is 0 Å². The molecule has 106 valence electrons. The van der Waals surface area contributed by atoms with E-state index < -0.39 is 0 Å². The summed E-state index contributed by atoms with van der Waals surface area (Å²) in [6, 6.07) is 15.3. The zero-order valence-electron chi connectivity index (χ0n) is 12.6. The number of fused-ring (bicyclic) bond motifs is 1. The van der Waals surface area contributed by atoms with Gasteiger partial charge in [-0.05, 0) is 35.6 Å². The summed E-state index contributed by atoms with van der Waals surface area (Å²) in [5.74, 6) is 0. The second-order valence-corrected chi connectivity index (χ2v) is 5.52. The van der Waals surface area contributed by atoms with Crippen molar-refractivity contribution in [3.8, 4) is 0 Å². The van der Waals surface area contributed by atoms with Crippen LogP contribution in [0.5, 0.6) is 0 Å². The lowest BCUT2D eigenvalue weighted by Gasteiger charge is -2.03. The van der Waals surface area contributed by atoms with E-state index in [1.807, 2.05) is 0 Å². The summed E-state index contributed by atoms with van der Waals surface area (Å²) in [5, 5.41) is 2.74. The van der Waals surface area contributed by atoms with E-state index >= 15 is 0 Å². The van der Waals surface area contributed by atoms with Crippen molar-refractivity contribution in [2.24, 2.45) is 0 Å². The molecule has 0 amide bonds. The van der Waals surface area contributed by atoms with Gasteiger partial charge in [-0.2, -0.15) is 0 Å². The van der Waals surface area contributed by atoms with Crippen LogP contribution in [0.1, 0.15) is 51.0 Å². The molecule has 2 aromatic carbocycles. The number of unbranched alkanes of at least 4 members (excludes halogenated alkanes) is 5. The van der Waals surface area contributed by atoms with E-state index in [4.69, 9.17) is 0 Å². The predicted molar refractivity (Wildman–Crippen MR) is 90.2 cm³/mol. The first kappa shape index (κ1) is 14.8. The fourth-order valence-electron chi connectivity index (χ4n) is 2.66. The first-order valence-electron chi connectivity index (χ1n) is 8.03. The Morgan fingerprint density at radius 3 is 2.50 bits per heavy atom. The van der Waals surface area contributed by atoms with Gasteiger partial charge in [0.25, 0.3) is 0 Å². The molecule has 0 bridgehead atoms. The molecule has 0 aliphatic carbocycles. The van der Waals surface area contributed by atoms with Gasteiger partial charge in [0.1, 0.15) is 0 Å². The SMILES string of the molecule is CCCCCCC/C=C/Cc1cccc2ccccc12. The van der Waals surface area contributed by atoms with Gasteiger partial charge >= 0.3 is 0 Å². The van der Waals surface area contributed by atoms with Gasteiger partial charge in [0, 0.05) is 0 Å². The molecule has 0 N–H and O–H groups in total. The van der Waals surface area contributed by atoms with Gasteiger partial charge in [0.15, 0.2) is 0 Å². The number of benzene rings is 2. The molecule has 2 aromatic rings. The quantitative estimate of drug-likeness (QED) is 0.388. The minimum Gasteiger partial charge on any atom is -0.0882 e. The average Bonchev–Trinajstić information content (AvgIpc) is 2.50. The smallest absolute Gasteiger partial charge is 0.00913 e. The summed E-state index contributed by atoms with van der Waals surface area (Å²) in [5.41, 5.74) is 1.44. The average molecular weight is 266 g/mol. The van der Waals surface area contributed by atoms with E-state index in [1.165, 1.54) is 54.9 Å². The Morgan fingerprint density at radius 2 is 1.60 bits per heavy atom. The van der Waals surface area contributed by atoms with E-state index in [0.29, 0.717) is 0 Å². The molecule has 0 nitrogen and oxygen atoms in total. The summed E-state index contributed by atoms with van der Waals surface area (Å²) >= 11 is 0. The highest BCUT2D eigenvalue weighted by molar-refractivity contribution is 5.85. The molecule has 0 aliphatic rings. The van der Waals surface area contributed by atoms with Gasteiger partial charge in [0.2, 0.25) is 0 Å². The molecule has 0 radical (unpaired) electrons. The minimum absolute atomic E-state index is 1.05. The number of allylic oxidation sites excluding steroid dienone is 2. The van der Waals surface area contributed by atoms with Crippen LogP contribution in [0.25, 0.3) is 10.8 Å². The molecular formula is C20H26. The molecule has 2 rings (SSSR count). The highest BCUT2D eigenvalue weighted by Gasteiger charge is 1.97. The molecule has 0 atom stereocenters. The van der Waals surface area contributed by atoms with E-state index in [9.17, 15) is 0 Å². The van der Waals surface area contributed by atoms with Gasteiger partial charge in [-0.25, -0.2) is 0 Å². The topological polar surface area (TPSA) is 0 Å². The van der Waals surface area contributed by atoms with E-state index in [1.54, 1.807) is 0 Å². The van der Waals surface area contributed by atoms with E-state index in [2.05, 4.69) is 61.5 Å². The van der Waals surface area contributed by atoms with Crippen molar-refractivity contribution in [1.82, 2.24) is 0 Å². The highest BCUT2D eigenvalue weighted by Crippen LogP contribution is 2.19. The van der Waals surface area contributed by atoms with Crippen LogP contribution in [0.15, 0.2) is 54.6 Å². The monoisotopic (exact) mass is 266 g/mol. The molecule has 0 heterocycles. The molecule has 0 heteroatoms. The van der Waals surface area contributed by atoms with Crippen molar-refractivity contribution in [2.45, 2.75) is 51.9 Å². The molecule has 0 fully saturated rings. The zero-order valence-corrected chi connectivity index (χ0v) is 12.6. The Bertz CT molecular complexity index is 531. The largest absolute Gasteiger partial charge is 0.0882 e. The third kappa shape index (κ3) is 4.52.